The van der Waals surface area contributed by atoms with Gasteiger partial charge < -0.3 is 25.0 Å². The number of ether oxygens (including phenoxy) is 2. The summed E-state index contributed by atoms with van der Waals surface area (Å²) in [6.07, 6.45) is 5.97. The highest BCUT2D eigenvalue weighted by molar-refractivity contribution is 5.79. The van der Waals surface area contributed by atoms with Gasteiger partial charge in [0.05, 0.1) is 13.2 Å². The van der Waals surface area contributed by atoms with E-state index in [1.165, 1.54) is 38.9 Å². The fraction of sp³-hybridized carbons (Fsp3) is 0.950. The first-order chi connectivity index (χ1) is 12.8. The van der Waals surface area contributed by atoms with Gasteiger partial charge in [-0.25, -0.2) is 0 Å². The van der Waals surface area contributed by atoms with Gasteiger partial charge in [0.2, 0.25) is 0 Å². The molecule has 26 heavy (non-hydrogen) atoms. The molecule has 0 bridgehead atoms. The van der Waals surface area contributed by atoms with Crippen LogP contribution < -0.4 is 10.6 Å². The van der Waals surface area contributed by atoms with Crippen LogP contribution >= 0.6 is 0 Å². The van der Waals surface area contributed by atoms with E-state index in [0.29, 0.717) is 5.92 Å². The summed E-state index contributed by atoms with van der Waals surface area (Å²) in [5.74, 6) is 2.29. The third kappa shape index (κ3) is 8.69. The van der Waals surface area contributed by atoms with Crippen LogP contribution in [0.15, 0.2) is 4.99 Å². The maximum Gasteiger partial charge on any atom is 0.191 e. The van der Waals surface area contributed by atoms with Crippen molar-refractivity contribution >= 4 is 5.96 Å². The molecule has 2 rings (SSSR count). The zero-order valence-corrected chi connectivity index (χ0v) is 17.0. The van der Waals surface area contributed by atoms with Crippen LogP contribution in [-0.4, -0.2) is 76.6 Å². The number of likely N-dealkylation sites (tertiary alicyclic amines) is 1. The van der Waals surface area contributed by atoms with E-state index in [9.17, 15) is 0 Å². The van der Waals surface area contributed by atoms with Crippen molar-refractivity contribution in [3.05, 3.63) is 0 Å². The first-order valence-electron chi connectivity index (χ1n) is 10.7. The zero-order valence-electron chi connectivity index (χ0n) is 17.0. The van der Waals surface area contributed by atoms with Crippen molar-refractivity contribution in [2.24, 2.45) is 16.8 Å². The first kappa shape index (κ1) is 21.5. The van der Waals surface area contributed by atoms with E-state index in [1.807, 2.05) is 0 Å². The number of hydrogen-bond acceptors (Lipinski definition) is 4. The van der Waals surface area contributed by atoms with Crippen LogP contribution in [0, 0.1) is 11.8 Å². The van der Waals surface area contributed by atoms with Crippen LogP contribution in [0.1, 0.15) is 46.0 Å². The lowest BCUT2D eigenvalue weighted by Crippen LogP contribution is -2.39. The Hall–Kier alpha value is -0.850. The highest BCUT2D eigenvalue weighted by Crippen LogP contribution is 2.17. The Morgan fingerprint density at radius 1 is 1.15 bits per heavy atom. The smallest absolute Gasteiger partial charge is 0.191 e. The molecule has 1 unspecified atom stereocenters. The molecular formula is C20H40N4O2. The van der Waals surface area contributed by atoms with E-state index in [1.54, 1.807) is 0 Å². The number of nitrogens with one attached hydrogen (secondary N) is 2. The van der Waals surface area contributed by atoms with Crippen LogP contribution in [0.25, 0.3) is 0 Å². The van der Waals surface area contributed by atoms with Crippen molar-refractivity contribution in [2.45, 2.75) is 46.0 Å². The fourth-order valence-corrected chi connectivity index (χ4v) is 3.62. The van der Waals surface area contributed by atoms with E-state index in [-0.39, 0.29) is 0 Å². The maximum atomic E-state index is 5.76. The van der Waals surface area contributed by atoms with Crippen molar-refractivity contribution in [1.29, 1.82) is 0 Å². The number of hydrogen-bond donors (Lipinski definition) is 2. The number of aliphatic imine (C=N–C) groups is 1. The summed E-state index contributed by atoms with van der Waals surface area (Å²) in [6.45, 7) is 14.3. The molecule has 0 aromatic heterocycles. The van der Waals surface area contributed by atoms with Gasteiger partial charge in [-0.05, 0) is 64.6 Å². The Bertz CT molecular complexity index is 378. The van der Waals surface area contributed by atoms with Crippen LogP contribution in [0.3, 0.4) is 0 Å². The molecule has 6 heteroatoms. The summed E-state index contributed by atoms with van der Waals surface area (Å²) < 4.78 is 11.1. The predicted octanol–water partition coefficient (Wildman–Crippen LogP) is 2.11. The van der Waals surface area contributed by atoms with Crippen LogP contribution in [0.2, 0.25) is 0 Å². The Kier molecular flexibility index (Phi) is 11.0. The molecule has 6 nitrogen and oxygen atoms in total. The van der Waals surface area contributed by atoms with Gasteiger partial charge in [-0.1, -0.05) is 6.92 Å². The molecule has 2 saturated heterocycles. The molecule has 0 aromatic carbocycles. The van der Waals surface area contributed by atoms with E-state index < -0.39 is 0 Å². The highest BCUT2D eigenvalue weighted by atomic mass is 16.5. The lowest BCUT2D eigenvalue weighted by molar-refractivity contribution is 0.0888. The largest absolute Gasteiger partial charge is 0.381 e. The standard InChI is InChI=1S/C20H40N4O2/c1-3-10-24-11-6-18(7-12-24)15-23-20(21-4-2)22-9-5-13-25-16-19-8-14-26-17-19/h18-19H,3-17H2,1-2H3,(H2,21,22,23). The van der Waals surface area contributed by atoms with Crippen molar-refractivity contribution in [2.75, 3.05) is 65.7 Å². The molecule has 2 fully saturated rings. The molecular weight excluding hydrogens is 328 g/mol. The monoisotopic (exact) mass is 368 g/mol. The van der Waals surface area contributed by atoms with E-state index in [2.05, 4.69) is 29.4 Å². The molecule has 1 atom stereocenters. The fourth-order valence-electron chi connectivity index (χ4n) is 3.62. The van der Waals surface area contributed by atoms with E-state index in [4.69, 9.17) is 14.5 Å². The summed E-state index contributed by atoms with van der Waals surface area (Å²) in [4.78, 5) is 7.39. The summed E-state index contributed by atoms with van der Waals surface area (Å²) in [7, 11) is 0. The topological polar surface area (TPSA) is 58.1 Å². The number of rotatable bonds is 11. The molecule has 2 aliphatic heterocycles. The number of guanidine groups is 1. The lowest BCUT2D eigenvalue weighted by Gasteiger charge is -2.31. The SMILES string of the molecule is CCCN1CCC(CN=C(NCC)NCCCOCC2CCOC2)CC1. The van der Waals surface area contributed by atoms with Crippen LogP contribution in [0.5, 0.6) is 0 Å². The van der Waals surface area contributed by atoms with E-state index >= 15 is 0 Å². The van der Waals surface area contributed by atoms with Crippen LogP contribution in [-0.2, 0) is 9.47 Å². The molecule has 2 heterocycles. The molecule has 0 aliphatic carbocycles. The van der Waals surface area contributed by atoms with Gasteiger partial charge in [-0.15, -0.1) is 0 Å². The predicted molar refractivity (Wildman–Crippen MR) is 108 cm³/mol. The minimum Gasteiger partial charge on any atom is -0.381 e. The molecule has 0 radical (unpaired) electrons. The summed E-state index contributed by atoms with van der Waals surface area (Å²) in [5.41, 5.74) is 0. The quantitative estimate of drug-likeness (QED) is 0.332. The Balaban J connectivity index is 1.55. The van der Waals surface area contributed by atoms with Gasteiger partial charge in [0, 0.05) is 38.8 Å². The second-order valence-electron chi connectivity index (χ2n) is 7.59. The molecule has 0 spiro atoms. The second-order valence-corrected chi connectivity index (χ2v) is 7.59. The normalized spacial score (nSPS) is 22.7. The van der Waals surface area contributed by atoms with Crippen molar-refractivity contribution in [1.82, 2.24) is 15.5 Å². The lowest BCUT2D eigenvalue weighted by atomic mass is 9.97. The average Bonchev–Trinajstić information content (AvgIpc) is 3.17. The molecule has 0 aromatic rings. The van der Waals surface area contributed by atoms with Crippen molar-refractivity contribution < 1.29 is 9.47 Å². The number of nitrogens with zero attached hydrogens (tertiary/aromatic N) is 2. The third-order valence-corrected chi connectivity index (χ3v) is 5.23. The van der Waals surface area contributed by atoms with Gasteiger partial charge in [0.1, 0.15) is 0 Å². The maximum absolute atomic E-state index is 5.76. The summed E-state index contributed by atoms with van der Waals surface area (Å²) in [6, 6.07) is 0. The van der Waals surface area contributed by atoms with Crippen LogP contribution in [0.4, 0.5) is 0 Å². The van der Waals surface area contributed by atoms with Crippen molar-refractivity contribution in [3.63, 3.8) is 0 Å². The minimum atomic E-state index is 0.602. The molecule has 2 N–H and O–H groups in total. The number of piperidine rings is 1. The Morgan fingerprint density at radius 2 is 2.00 bits per heavy atom. The van der Waals surface area contributed by atoms with Gasteiger partial charge in [0.15, 0.2) is 5.96 Å². The van der Waals surface area contributed by atoms with E-state index in [0.717, 1.165) is 70.8 Å². The summed E-state index contributed by atoms with van der Waals surface area (Å²) in [5, 5.41) is 6.80. The summed E-state index contributed by atoms with van der Waals surface area (Å²) >= 11 is 0. The van der Waals surface area contributed by atoms with Gasteiger partial charge >= 0.3 is 0 Å². The highest BCUT2D eigenvalue weighted by Gasteiger charge is 2.18. The zero-order chi connectivity index (χ0) is 18.5. The second kappa shape index (κ2) is 13.3. The Morgan fingerprint density at radius 3 is 2.69 bits per heavy atom. The molecule has 152 valence electrons. The average molecular weight is 369 g/mol. The van der Waals surface area contributed by atoms with Crippen molar-refractivity contribution in [3.8, 4) is 0 Å². The third-order valence-electron chi connectivity index (χ3n) is 5.23. The first-order valence-corrected chi connectivity index (χ1v) is 10.7. The van der Waals surface area contributed by atoms with Gasteiger partial charge in [-0.2, -0.15) is 0 Å². The Labute approximate surface area is 160 Å². The molecule has 0 amide bonds. The van der Waals surface area contributed by atoms with Gasteiger partial charge in [-0.3, -0.25) is 4.99 Å². The molecule has 2 aliphatic rings. The van der Waals surface area contributed by atoms with Gasteiger partial charge in [0.25, 0.3) is 0 Å². The molecule has 0 saturated carbocycles. The minimum absolute atomic E-state index is 0.602.